The topological polar surface area (TPSA) is 79.4 Å². The Hall–Kier alpha value is -2.05. The van der Waals surface area contributed by atoms with Crippen LogP contribution >= 0.6 is 0 Å². The third-order valence-corrected chi connectivity index (χ3v) is 2.19. The molecule has 90 valence electrons. The second-order valence-electron chi connectivity index (χ2n) is 3.56. The highest BCUT2D eigenvalue weighted by Gasteiger charge is 2.13. The average Bonchev–Trinajstić information content (AvgIpc) is 2.84. The second kappa shape index (κ2) is 4.86. The van der Waals surface area contributed by atoms with Crippen LogP contribution in [0.25, 0.3) is 11.6 Å². The summed E-state index contributed by atoms with van der Waals surface area (Å²) in [5.74, 6) is 0.528. The van der Waals surface area contributed by atoms with Gasteiger partial charge in [0.15, 0.2) is 23.3 Å². The minimum Gasteiger partial charge on any atom is -0.368 e. The SMILES string of the molecule is CCCNc1nc(-c2ncn[nH]2)nc(C)c1F. The van der Waals surface area contributed by atoms with Gasteiger partial charge in [-0.05, 0) is 13.3 Å². The number of aryl methyl sites for hydroxylation is 1. The molecule has 2 aromatic heterocycles. The fourth-order valence-corrected chi connectivity index (χ4v) is 1.34. The van der Waals surface area contributed by atoms with E-state index >= 15 is 0 Å². The number of hydrogen-bond acceptors (Lipinski definition) is 5. The van der Waals surface area contributed by atoms with Gasteiger partial charge in [-0.2, -0.15) is 5.10 Å². The van der Waals surface area contributed by atoms with Gasteiger partial charge >= 0.3 is 0 Å². The molecule has 0 unspecified atom stereocenters. The molecule has 2 aromatic rings. The third kappa shape index (κ3) is 2.38. The molecule has 0 atom stereocenters. The van der Waals surface area contributed by atoms with Crippen molar-refractivity contribution >= 4 is 5.82 Å². The highest BCUT2D eigenvalue weighted by molar-refractivity contribution is 5.49. The lowest BCUT2D eigenvalue weighted by Crippen LogP contribution is -2.08. The van der Waals surface area contributed by atoms with Crippen molar-refractivity contribution in [1.29, 1.82) is 0 Å². The normalized spacial score (nSPS) is 10.5. The van der Waals surface area contributed by atoms with Crippen LogP contribution in [0.2, 0.25) is 0 Å². The lowest BCUT2D eigenvalue weighted by atomic mass is 10.3. The number of hydrogen-bond donors (Lipinski definition) is 2. The predicted octanol–water partition coefficient (Wildman–Crippen LogP) is 1.53. The van der Waals surface area contributed by atoms with Gasteiger partial charge in [0.05, 0.1) is 5.69 Å². The zero-order chi connectivity index (χ0) is 12.3. The molecule has 0 saturated heterocycles. The molecule has 0 aliphatic rings. The number of aromatic nitrogens is 5. The number of rotatable bonds is 4. The number of anilines is 1. The first-order valence-electron chi connectivity index (χ1n) is 5.36. The number of nitrogens with zero attached hydrogens (tertiary/aromatic N) is 4. The molecule has 0 bridgehead atoms. The summed E-state index contributed by atoms with van der Waals surface area (Å²) >= 11 is 0. The molecule has 0 aromatic carbocycles. The van der Waals surface area contributed by atoms with Gasteiger partial charge in [-0.1, -0.05) is 6.92 Å². The minimum atomic E-state index is -0.429. The molecule has 6 nitrogen and oxygen atoms in total. The Bertz CT molecular complexity index is 496. The Labute approximate surface area is 97.7 Å². The molecule has 0 aliphatic carbocycles. The van der Waals surface area contributed by atoms with E-state index in [-0.39, 0.29) is 11.5 Å². The Balaban J connectivity index is 2.39. The molecule has 0 spiro atoms. The van der Waals surface area contributed by atoms with Crippen molar-refractivity contribution in [3.8, 4) is 11.6 Å². The van der Waals surface area contributed by atoms with Crippen molar-refractivity contribution in [3.63, 3.8) is 0 Å². The lowest BCUT2D eigenvalue weighted by Gasteiger charge is -2.07. The van der Waals surface area contributed by atoms with E-state index < -0.39 is 5.82 Å². The van der Waals surface area contributed by atoms with E-state index in [0.29, 0.717) is 18.2 Å². The highest BCUT2D eigenvalue weighted by atomic mass is 19.1. The zero-order valence-electron chi connectivity index (χ0n) is 9.66. The maximum atomic E-state index is 13.7. The smallest absolute Gasteiger partial charge is 0.199 e. The van der Waals surface area contributed by atoms with E-state index in [1.807, 2.05) is 6.92 Å². The Kier molecular flexibility index (Phi) is 3.27. The van der Waals surface area contributed by atoms with Gasteiger partial charge in [0, 0.05) is 6.54 Å². The van der Waals surface area contributed by atoms with Gasteiger partial charge in [-0.3, -0.25) is 5.10 Å². The first-order valence-corrected chi connectivity index (χ1v) is 5.36. The molecule has 2 heterocycles. The molecule has 0 amide bonds. The first-order chi connectivity index (χ1) is 8.22. The van der Waals surface area contributed by atoms with Crippen molar-refractivity contribution in [2.24, 2.45) is 0 Å². The van der Waals surface area contributed by atoms with Crippen molar-refractivity contribution in [2.45, 2.75) is 20.3 Å². The van der Waals surface area contributed by atoms with Crippen LogP contribution in [0.4, 0.5) is 10.2 Å². The zero-order valence-corrected chi connectivity index (χ0v) is 9.66. The summed E-state index contributed by atoms with van der Waals surface area (Å²) in [6.45, 7) is 4.24. The first kappa shape index (κ1) is 11.4. The molecule has 0 aliphatic heterocycles. The van der Waals surface area contributed by atoms with Crippen LogP contribution in [0.15, 0.2) is 6.33 Å². The molecule has 0 radical (unpaired) electrons. The maximum absolute atomic E-state index is 13.7. The van der Waals surface area contributed by atoms with E-state index in [1.165, 1.54) is 6.33 Å². The molecule has 0 fully saturated rings. The summed E-state index contributed by atoms with van der Waals surface area (Å²) in [6, 6.07) is 0. The van der Waals surface area contributed by atoms with Crippen LogP contribution in [0.5, 0.6) is 0 Å². The monoisotopic (exact) mass is 236 g/mol. The second-order valence-corrected chi connectivity index (χ2v) is 3.56. The Morgan fingerprint density at radius 2 is 2.24 bits per heavy atom. The van der Waals surface area contributed by atoms with Crippen molar-refractivity contribution in [1.82, 2.24) is 25.1 Å². The number of halogens is 1. The van der Waals surface area contributed by atoms with E-state index in [4.69, 9.17) is 0 Å². The van der Waals surface area contributed by atoms with Crippen LogP contribution < -0.4 is 5.32 Å². The summed E-state index contributed by atoms with van der Waals surface area (Å²) in [5, 5.41) is 9.28. The molecular weight excluding hydrogens is 223 g/mol. The fourth-order valence-electron chi connectivity index (χ4n) is 1.34. The van der Waals surface area contributed by atoms with E-state index in [0.717, 1.165) is 6.42 Å². The molecule has 2 rings (SSSR count). The summed E-state index contributed by atoms with van der Waals surface area (Å²) < 4.78 is 13.7. The Morgan fingerprint density at radius 1 is 1.41 bits per heavy atom. The fraction of sp³-hybridized carbons (Fsp3) is 0.400. The minimum absolute atomic E-state index is 0.200. The molecule has 7 heteroatoms. The van der Waals surface area contributed by atoms with Gasteiger partial charge in [-0.15, -0.1) is 0 Å². The van der Waals surface area contributed by atoms with Crippen LogP contribution in [0, 0.1) is 12.7 Å². The quantitative estimate of drug-likeness (QED) is 0.841. The summed E-state index contributed by atoms with van der Waals surface area (Å²) in [5.41, 5.74) is 0.282. The number of H-pyrrole nitrogens is 1. The highest BCUT2D eigenvalue weighted by Crippen LogP contribution is 2.18. The third-order valence-electron chi connectivity index (χ3n) is 2.19. The number of aromatic amines is 1. The standard InChI is InChI=1S/C10H13FN6/c1-3-4-12-8-7(11)6(2)15-10(16-8)9-13-5-14-17-9/h5H,3-4H2,1-2H3,(H,12,15,16)(H,13,14,17). The van der Waals surface area contributed by atoms with Gasteiger partial charge < -0.3 is 5.32 Å². The number of nitrogens with one attached hydrogen (secondary N) is 2. The summed E-state index contributed by atoms with van der Waals surface area (Å²) in [6.07, 6.45) is 2.25. The van der Waals surface area contributed by atoms with Gasteiger partial charge in [0.2, 0.25) is 0 Å². The van der Waals surface area contributed by atoms with Crippen molar-refractivity contribution in [3.05, 3.63) is 17.8 Å². The van der Waals surface area contributed by atoms with E-state index in [2.05, 4.69) is 30.5 Å². The molecule has 2 N–H and O–H groups in total. The predicted molar refractivity (Wildman–Crippen MR) is 60.9 cm³/mol. The Morgan fingerprint density at radius 3 is 2.88 bits per heavy atom. The molecule has 0 saturated carbocycles. The lowest BCUT2D eigenvalue weighted by molar-refractivity contribution is 0.605. The average molecular weight is 236 g/mol. The largest absolute Gasteiger partial charge is 0.368 e. The van der Waals surface area contributed by atoms with E-state index in [1.54, 1.807) is 6.92 Å². The summed E-state index contributed by atoms with van der Waals surface area (Å²) in [7, 11) is 0. The van der Waals surface area contributed by atoms with Crippen LogP contribution in [-0.4, -0.2) is 31.7 Å². The van der Waals surface area contributed by atoms with Gasteiger partial charge in [0.25, 0.3) is 0 Å². The summed E-state index contributed by atoms with van der Waals surface area (Å²) in [4.78, 5) is 12.0. The van der Waals surface area contributed by atoms with Crippen LogP contribution in [-0.2, 0) is 0 Å². The van der Waals surface area contributed by atoms with Crippen LogP contribution in [0.1, 0.15) is 19.0 Å². The van der Waals surface area contributed by atoms with Crippen LogP contribution in [0.3, 0.4) is 0 Å². The maximum Gasteiger partial charge on any atom is 0.199 e. The molecule has 17 heavy (non-hydrogen) atoms. The van der Waals surface area contributed by atoms with Gasteiger partial charge in [-0.25, -0.2) is 19.3 Å². The molecular formula is C10H13FN6. The van der Waals surface area contributed by atoms with Crippen molar-refractivity contribution in [2.75, 3.05) is 11.9 Å². The van der Waals surface area contributed by atoms with Crippen molar-refractivity contribution < 1.29 is 4.39 Å². The van der Waals surface area contributed by atoms with E-state index in [9.17, 15) is 4.39 Å². The van der Waals surface area contributed by atoms with Gasteiger partial charge in [0.1, 0.15) is 6.33 Å².